The fourth-order valence-corrected chi connectivity index (χ4v) is 1.84. The molecule has 0 N–H and O–H groups in total. The molecule has 0 amide bonds. The monoisotopic (exact) mass is 189 g/mol. The largest absolute Gasteiger partial charge is 0.330 e. The Morgan fingerprint density at radius 1 is 1.09 bits per heavy atom. The van der Waals surface area contributed by atoms with Crippen LogP contribution in [0.2, 0.25) is 0 Å². The average molecular weight is 189 g/mol. The van der Waals surface area contributed by atoms with E-state index in [-0.39, 0.29) is 29.6 Å². The predicted molar refractivity (Wildman–Crippen MR) is 47.2 cm³/mol. The molecule has 0 aliphatic heterocycles. The smallest absolute Gasteiger partial charge is 0.309 e. The summed E-state index contributed by atoms with van der Waals surface area (Å²) in [4.78, 5) is 0. The van der Waals surface area contributed by atoms with E-state index in [2.05, 4.69) is 0 Å². The van der Waals surface area contributed by atoms with E-state index in [4.69, 9.17) is 9.05 Å². The molecule has 0 aromatic carbocycles. The molecule has 0 heterocycles. The zero-order valence-electron chi connectivity index (χ0n) is 7.79. The Morgan fingerprint density at radius 3 is 1.64 bits per heavy atom. The van der Waals surface area contributed by atoms with Crippen LogP contribution in [0.15, 0.2) is 0 Å². The van der Waals surface area contributed by atoms with E-state index >= 15 is 0 Å². The van der Waals surface area contributed by atoms with E-state index < -0.39 is 7.60 Å². The Labute approximate surface area is 90.7 Å². The van der Waals surface area contributed by atoms with Crippen molar-refractivity contribution in [3.05, 3.63) is 0 Å². The predicted octanol–water partition coefficient (Wildman–Crippen LogP) is 1.89. The van der Waals surface area contributed by atoms with Crippen LogP contribution in [0.4, 0.5) is 0 Å². The van der Waals surface area contributed by atoms with Crippen LogP contribution < -0.4 is 0 Å². The van der Waals surface area contributed by atoms with Crippen LogP contribution >= 0.6 is 7.60 Å². The summed E-state index contributed by atoms with van der Waals surface area (Å²) in [7, 11) is -2.70. The zero-order chi connectivity index (χ0) is 8.04. The molecule has 1 radical (unpaired) electrons. The van der Waals surface area contributed by atoms with Gasteiger partial charge >= 0.3 is 7.60 Å². The Bertz CT molecular complexity index is 119. The van der Waals surface area contributed by atoms with Crippen molar-refractivity contribution in [1.29, 1.82) is 0 Å². The third-order valence-corrected chi connectivity index (χ3v) is 3.12. The molecule has 5 heteroatoms. The van der Waals surface area contributed by atoms with Gasteiger partial charge in [0.15, 0.2) is 0 Å². The van der Waals surface area contributed by atoms with E-state index in [1.807, 2.05) is 0 Å². The van der Waals surface area contributed by atoms with Crippen molar-refractivity contribution in [2.24, 2.45) is 0 Å². The van der Waals surface area contributed by atoms with E-state index in [9.17, 15) is 4.57 Å². The molecule has 0 aliphatic rings. The first-order valence-corrected chi connectivity index (χ1v) is 5.29. The second-order valence-corrected chi connectivity index (χ2v) is 4.13. The first kappa shape index (κ1) is 14.7. The van der Waals surface area contributed by atoms with Gasteiger partial charge in [-0.3, -0.25) is 4.57 Å². The van der Waals surface area contributed by atoms with E-state index in [0.717, 1.165) is 0 Å². The number of rotatable bonds is 5. The molecule has 0 fully saturated rings. The van der Waals surface area contributed by atoms with Crippen LogP contribution in [-0.2, 0) is 13.6 Å². The van der Waals surface area contributed by atoms with E-state index in [1.54, 1.807) is 20.8 Å². The Balaban J connectivity index is 0. The summed E-state index contributed by atoms with van der Waals surface area (Å²) in [5.74, 6) is 0. The second-order valence-electron chi connectivity index (χ2n) is 1.76. The summed E-state index contributed by atoms with van der Waals surface area (Å²) in [6, 6.07) is 0. The Morgan fingerprint density at radius 2 is 1.45 bits per heavy atom. The molecule has 0 atom stereocenters. The molecule has 0 bridgehead atoms. The molecular formula is C6H15NaO3P. The maximum absolute atomic E-state index is 11.3. The van der Waals surface area contributed by atoms with Crippen LogP contribution in [0.5, 0.6) is 0 Å². The van der Waals surface area contributed by atoms with Gasteiger partial charge in [-0.2, -0.15) is 0 Å². The molecule has 0 spiro atoms. The first-order chi connectivity index (χ1) is 4.68. The summed E-state index contributed by atoms with van der Waals surface area (Å²) in [6.45, 7) is 6.31. The van der Waals surface area contributed by atoms with Crippen molar-refractivity contribution >= 4 is 37.2 Å². The summed E-state index contributed by atoms with van der Waals surface area (Å²) in [5.41, 5.74) is 0. The first-order valence-electron chi connectivity index (χ1n) is 3.56. The molecule has 0 aromatic rings. The van der Waals surface area contributed by atoms with Crippen LogP contribution in [0.1, 0.15) is 20.8 Å². The van der Waals surface area contributed by atoms with E-state index in [0.29, 0.717) is 19.4 Å². The van der Waals surface area contributed by atoms with Gasteiger partial charge in [0.25, 0.3) is 0 Å². The SMILES string of the molecule is CCOP(=O)(CC)OCC.[Na]. The quantitative estimate of drug-likeness (QED) is 0.489. The van der Waals surface area contributed by atoms with Gasteiger partial charge in [0.2, 0.25) is 0 Å². The van der Waals surface area contributed by atoms with Crippen molar-refractivity contribution in [3.8, 4) is 0 Å². The Hall–Kier alpha value is 1.15. The van der Waals surface area contributed by atoms with Crippen LogP contribution in [0, 0.1) is 0 Å². The third kappa shape index (κ3) is 6.32. The number of hydrogen-bond donors (Lipinski definition) is 0. The maximum atomic E-state index is 11.3. The van der Waals surface area contributed by atoms with Crippen LogP contribution in [-0.4, -0.2) is 48.9 Å². The van der Waals surface area contributed by atoms with Crippen LogP contribution in [0.3, 0.4) is 0 Å². The van der Waals surface area contributed by atoms with Gasteiger partial charge in [0.1, 0.15) is 0 Å². The van der Waals surface area contributed by atoms with Gasteiger partial charge in [-0.15, -0.1) is 0 Å². The van der Waals surface area contributed by atoms with Crippen molar-refractivity contribution in [2.45, 2.75) is 20.8 Å². The second kappa shape index (κ2) is 7.78. The molecule has 0 saturated heterocycles. The van der Waals surface area contributed by atoms with Crippen molar-refractivity contribution in [3.63, 3.8) is 0 Å². The topological polar surface area (TPSA) is 35.5 Å². The van der Waals surface area contributed by atoms with E-state index in [1.165, 1.54) is 0 Å². The average Bonchev–Trinajstić information content (AvgIpc) is 1.89. The van der Waals surface area contributed by atoms with Gasteiger partial charge in [-0.25, -0.2) is 0 Å². The standard InChI is InChI=1S/C6H15O3P.Na/c1-4-8-10(7,6-3)9-5-2;/h4-6H2,1-3H3;. The summed E-state index contributed by atoms with van der Waals surface area (Å²) < 4.78 is 21.2. The fourth-order valence-electron chi connectivity index (χ4n) is 0.613. The normalized spacial score (nSPS) is 10.8. The third-order valence-electron chi connectivity index (χ3n) is 1.04. The van der Waals surface area contributed by atoms with Gasteiger partial charge in [0.05, 0.1) is 13.2 Å². The molecule has 0 saturated carbocycles. The van der Waals surface area contributed by atoms with Crippen molar-refractivity contribution < 1.29 is 13.6 Å². The number of hydrogen-bond acceptors (Lipinski definition) is 3. The molecule has 0 unspecified atom stereocenters. The minimum Gasteiger partial charge on any atom is -0.309 e. The molecule has 0 aliphatic carbocycles. The fraction of sp³-hybridized carbons (Fsp3) is 1.00. The Kier molecular flexibility index (Phi) is 10.4. The molecule has 0 rings (SSSR count). The molecule has 63 valence electrons. The van der Waals surface area contributed by atoms with Crippen molar-refractivity contribution in [2.75, 3.05) is 19.4 Å². The molecule has 3 nitrogen and oxygen atoms in total. The minimum atomic E-state index is -2.70. The molecule has 0 aromatic heterocycles. The minimum absolute atomic E-state index is 0. The molecular weight excluding hydrogens is 174 g/mol. The van der Waals surface area contributed by atoms with Crippen LogP contribution in [0.25, 0.3) is 0 Å². The zero-order valence-corrected chi connectivity index (χ0v) is 10.7. The summed E-state index contributed by atoms with van der Waals surface area (Å²) in [5, 5.41) is 0. The van der Waals surface area contributed by atoms with Gasteiger partial charge in [0, 0.05) is 35.7 Å². The summed E-state index contributed by atoms with van der Waals surface area (Å²) in [6.07, 6.45) is 0.453. The van der Waals surface area contributed by atoms with Gasteiger partial charge in [-0.05, 0) is 13.8 Å². The van der Waals surface area contributed by atoms with Gasteiger partial charge < -0.3 is 9.05 Å². The van der Waals surface area contributed by atoms with Crippen molar-refractivity contribution in [1.82, 2.24) is 0 Å². The maximum Gasteiger partial charge on any atom is 0.330 e. The van der Waals surface area contributed by atoms with Gasteiger partial charge in [-0.1, -0.05) is 6.92 Å². The molecule has 11 heavy (non-hydrogen) atoms. The summed E-state index contributed by atoms with van der Waals surface area (Å²) >= 11 is 0.